The van der Waals surface area contributed by atoms with E-state index in [9.17, 15) is 13.2 Å². The Balaban J connectivity index is 1.90. The molecule has 0 aliphatic carbocycles. The summed E-state index contributed by atoms with van der Waals surface area (Å²) in [5.74, 6) is 0.699. The number of hydrogen-bond acceptors (Lipinski definition) is 6. The van der Waals surface area contributed by atoms with Crippen LogP contribution in [0.5, 0.6) is 17.2 Å². The lowest BCUT2D eigenvalue weighted by Gasteiger charge is -2.20. The van der Waals surface area contributed by atoms with Crippen LogP contribution >= 0.6 is 11.6 Å². The van der Waals surface area contributed by atoms with Crippen molar-refractivity contribution in [1.82, 2.24) is 4.72 Å². The monoisotopic (exact) mass is 504 g/mol. The number of methoxy groups -OCH3 is 3. The van der Waals surface area contributed by atoms with Crippen molar-refractivity contribution < 1.29 is 27.4 Å². The van der Waals surface area contributed by atoms with Gasteiger partial charge in [0.05, 0.1) is 36.9 Å². The summed E-state index contributed by atoms with van der Waals surface area (Å²) in [7, 11) is 0.316. The average Bonchev–Trinajstić information content (AvgIpc) is 2.84. The maximum Gasteiger partial charge on any atom is 0.243 e. The summed E-state index contributed by atoms with van der Waals surface area (Å²) >= 11 is 6.11. The van der Waals surface area contributed by atoms with Crippen molar-refractivity contribution in [3.8, 4) is 17.2 Å². The number of sulfonamides is 1. The molecule has 34 heavy (non-hydrogen) atoms. The van der Waals surface area contributed by atoms with Crippen LogP contribution in [0.15, 0.2) is 71.6 Å². The van der Waals surface area contributed by atoms with E-state index >= 15 is 0 Å². The first-order valence-electron chi connectivity index (χ1n) is 10.2. The van der Waals surface area contributed by atoms with Gasteiger partial charge in [0, 0.05) is 6.07 Å². The Kier molecular flexibility index (Phi) is 8.38. The number of carbonyl (C=O) groups excluding carboxylic acids is 1. The van der Waals surface area contributed by atoms with Gasteiger partial charge in [-0.2, -0.15) is 4.72 Å². The molecule has 1 amide bonds. The molecule has 10 heteroatoms. The zero-order chi connectivity index (χ0) is 24.7. The second-order valence-electron chi connectivity index (χ2n) is 7.22. The van der Waals surface area contributed by atoms with Crippen LogP contribution in [0.25, 0.3) is 0 Å². The van der Waals surface area contributed by atoms with Crippen molar-refractivity contribution in [2.45, 2.75) is 17.4 Å². The molecular formula is C24H25ClN2O6S. The molecule has 8 nitrogen and oxygen atoms in total. The van der Waals surface area contributed by atoms with Gasteiger partial charge >= 0.3 is 0 Å². The summed E-state index contributed by atoms with van der Waals surface area (Å²) in [5, 5.41) is 2.88. The Labute approximate surface area is 203 Å². The van der Waals surface area contributed by atoms with Crippen LogP contribution in [0.3, 0.4) is 0 Å². The summed E-state index contributed by atoms with van der Waals surface area (Å²) in [6.45, 7) is 0. The third kappa shape index (κ3) is 6.19. The summed E-state index contributed by atoms with van der Waals surface area (Å²) in [6, 6.07) is 16.9. The Bertz CT molecular complexity index is 1250. The van der Waals surface area contributed by atoms with Gasteiger partial charge in [-0.1, -0.05) is 41.9 Å². The fourth-order valence-electron chi connectivity index (χ4n) is 3.23. The number of ether oxygens (including phenoxy) is 3. The summed E-state index contributed by atoms with van der Waals surface area (Å²) in [6.07, 6.45) is 0.119. The average molecular weight is 505 g/mol. The summed E-state index contributed by atoms with van der Waals surface area (Å²) in [4.78, 5) is 13.2. The van der Waals surface area contributed by atoms with Crippen molar-refractivity contribution >= 4 is 33.2 Å². The molecule has 2 N–H and O–H groups in total. The van der Waals surface area contributed by atoms with E-state index in [0.29, 0.717) is 22.9 Å². The Morgan fingerprint density at radius 1 is 0.912 bits per heavy atom. The van der Waals surface area contributed by atoms with Gasteiger partial charge < -0.3 is 19.5 Å². The molecule has 0 saturated heterocycles. The topological polar surface area (TPSA) is 103 Å². The van der Waals surface area contributed by atoms with E-state index in [1.54, 1.807) is 18.2 Å². The Hall–Kier alpha value is -3.27. The number of nitrogens with one attached hydrogen (secondary N) is 2. The summed E-state index contributed by atoms with van der Waals surface area (Å²) in [5.41, 5.74) is 1.15. The van der Waals surface area contributed by atoms with Crippen molar-refractivity contribution in [3.63, 3.8) is 0 Å². The zero-order valence-corrected chi connectivity index (χ0v) is 20.4. The molecule has 3 rings (SSSR count). The predicted octanol–water partition coefficient (Wildman–Crippen LogP) is 3.89. The summed E-state index contributed by atoms with van der Waals surface area (Å²) < 4.78 is 44.3. The SMILES string of the molecule is COc1ccc(NC(=O)[C@H](Cc2ccccc2)NS(=O)(=O)c2ccc(OC)c(Cl)c2)c(OC)c1. The number of amides is 1. The first-order chi connectivity index (χ1) is 16.3. The minimum absolute atomic E-state index is 0.0915. The molecule has 0 aliphatic heterocycles. The zero-order valence-electron chi connectivity index (χ0n) is 18.9. The van der Waals surface area contributed by atoms with E-state index in [1.807, 2.05) is 30.3 Å². The van der Waals surface area contributed by atoms with E-state index in [0.717, 1.165) is 5.56 Å². The number of hydrogen-bond donors (Lipinski definition) is 2. The molecule has 0 saturated carbocycles. The highest BCUT2D eigenvalue weighted by molar-refractivity contribution is 7.89. The highest BCUT2D eigenvalue weighted by Crippen LogP contribution is 2.30. The molecule has 180 valence electrons. The van der Waals surface area contributed by atoms with E-state index in [1.165, 1.54) is 39.5 Å². The van der Waals surface area contributed by atoms with Gasteiger partial charge in [0.1, 0.15) is 23.3 Å². The number of benzene rings is 3. The van der Waals surface area contributed by atoms with Crippen molar-refractivity contribution in [2.24, 2.45) is 0 Å². The van der Waals surface area contributed by atoms with Crippen molar-refractivity contribution in [3.05, 3.63) is 77.3 Å². The number of rotatable bonds is 10. The molecule has 1 atom stereocenters. The first-order valence-corrected chi connectivity index (χ1v) is 12.1. The van der Waals surface area contributed by atoms with E-state index in [2.05, 4.69) is 10.0 Å². The second kappa shape index (κ2) is 11.2. The van der Waals surface area contributed by atoms with Gasteiger partial charge in [0.15, 0.2) is 0 Å². The fourth-order valence-corrected chi connectivity index (χ4v) is 4.77. The molecule has 0 fully saturated rings. The van der Waals surface area contributed by atoms with Crippen LogP contribution in [-0.2, 0) is 21.2 Å². The quantitative estimate of drug-likeness (QED) is 0.434. The fraction of sp³-hybridized carbons (Fsp3) is 0.208. The van der Waals surface area contributed by atoms with Crippen LogP contribution in [-0.4, -0.2) is 41.7 Å². The Morgan fingerprint density at radius 2 is 1.62 bits per heavy atom. The van der Waals surface area contributed by atoms with Gasteiger partial charge in [0.2, 0.25) is 15.9 Å². The normalized spacial score (nSPS) is 12.0. The van der Waals surface area contributed by atoms with Crippen LogP contribution in [0, 0.1) is 0 Å². The number of halogens is 1. The molecule has 0 heterocycles. The van der Waals surface area contributed by atoms with Gasteiger partial charge in [-0.3, -0.25) is 4.79 Å². The molecule has 0 unspecified atom stereocenters. The smallest absolute Gasteiger partial charge is 0.243 e. The first kappa shape index (κ1) is 25.4. The lowest BCUT2D eigenvalue weighted by atomic mass is 10.1. The maximum atomic E-state index is 13.2. The lowest BCUT2D eigenvalue weighted by Crippen LogP contribution is -2.45. The van der Waals surface area contributed by atoms with Gasteiger partial charge in [0.25, 0.3) is 0 Å². The maximum absolute atomic E-state index is 13.2. The predicted molar refractivity (Wildman–Crippen MR) is 130 cm³/mol. The van der Waals surface area contributed by atoms with Gasteiger partial charge in [-0.05, 0) is 42.3 Å². The molecule has 3 aromatic carbocycles. The van der Waals surface area contributed by atoms with Crippen LogP contribution in [0.2, 0.25) is 5.02 Å². The van der Waals surface area contributed by atoms with Crippen molar-refractivity contribution in [2.75, 3.05) is 26.6 Å². The largest absolute Gasteiger partial charge is 0.497 e. The Morgan fingerprint density at radius 3 is 2.24 bits per heavy atom. The third-order valence-electron chi connectivity index (χ3n) is 5.00. The van der Waals surface area contributed by atoms with Gasteiger partial charge in [-0.15, -0.1) is 0 Å². The highest BCUT2D eigenvalue weighted by atomic mass is 35.5. The van der Waals surface area contributed by atoms with Crippen LogP contribution in [0.4, 0.5) is 5.69 Å². The molecule has 0 bridgehead atoms. The third-order valence-corrected chi connectivity index (χ3v) is 6.76. The minimum Gasteiger partial charge on any atom is -0.497 e. The molecule has 0 radical (unpaired) electrons. The van der Waals surface area contributed by atoms with E-state index in [4.69, 9.17) is 25.8 Å². The standard InChI is InChI=1S/C24H25ClN2O6S/c1-31-17-9-11-20(23(14-17)33-3)26-24(28)21(13-16-7-5-4-6-8-16)27-34(29,30)18-10-12-22(32-2)19(25)15-18/h4-12,14-15,21,27H,13H2,1-3H3,(H,26,28)/t21-/m0/s1. The highest BCUT2D eigenvalue weighted by Gasteiger charge is 2.27. The minimum atomic E-state index is -4.09. The van der Waals surface area contributed by atoms with Crippen LogP contribution < -0.4 is 24.2 Å². The van der Waals surface area contributed by atoms with Gasteiger partial charge in [-0.25, -0.2) is 8.42 Å². The van der Waals surface area contributed by atoms with Crippen LogP contribution in [0.1, 0.15) is 5.56 Å². The van der Waals surface area contributed by atoms with E-state index < -0.39 is 22.0 Å². The van der Waals surface area contributed by atoms with Crippen molar-refractivity contribution in [1.29, 1.82) is 0 Å². The second-order valence-corrected chi connectivity index (χ2v) is 9.34. The molecule has 0 aromatic heterocycles. The number of anilines is 1. The lowest BCUT2D eigenvalue weighted by molar-refractivity contribution is -0.117. The molecule has 0 spiro atoms. The molecule has 3 aromatic rings. The van der Waals surface area contributed by atoms with E-state index in [-0.39, 0.29) is 16.3 Å². The number of carbonyl (C=O) groups is 1. The molecular weight excluding hydrogens is 480 g/mol. The molecule has 0 aliphatic rings.